The van der Waals surface area contributed by atoms with Crippen molar-refractivity contribution in [2.24, 2.45) is 0 Å². The first-order valence-corrected chi connectivity index (χ1v) is 7.96. The van der Waals surface area contributed by atoms with Crippen molar-refractivity contribution >= 4 is 44.6 Å². The summed E-state index contributed by atoms with van der Waals surface area (Å²) in [5.41, 5.74) is 1.32. The van der Waals surface area contributed by atoms with E-state index in [1.54, 1.807) is 17.4 Å². The van der Waals surface area contributed by atoms with E-state index in [0.717, 1.165) is 15.6 Å². The van der Waals surface area contributed by atoms with Gasteiger partial charge < -0.3 is 10.1 Å². The fourth-order valence-corrected chi connectivity index (χ4v) is 3.59. The van der Waals surface area contributed by atoms with E-state index in [1.807, 2.05) is 13.8 Å². The lowest BCUT2D eigenvalue weighted by atomic mass is 10.3. The molecule has 0 bridgehead atoms. The first-order valence-electron chi connectivity index (χ1n) is 5.97. The zero-order chi connectivity index (χ0) is 15.6. The van der Waals surface area contributed by atoms with Crippen molar-refractivity contribution in [3.63, 3.8) is 0 Å². The Morgan fingerprint density at radius 2 is 2.14 bits per heavy atom. The fraction of sp³-hybridized carbons (Fsp3) is 0.308. The van der Waals surface area contributed by atoms with E-state index >= 15 is 0 Å². The largest absolute Gasteiger partial charge is 0.431 e. The molecule has 0 amide bonds. The fourth-order valence-electron chi connectivity index (χ4n) is 1.81. The zero-order valence-electron chi connectivity index (χ0n) is 11.2. The van der Waals surface area contributed by atoms with Gasteiger partial charge in [-0.3, -0.25) is 0 Å². The average molecular weight is 398 g/mol. The summed E-state index contributed by atoms with van der Waals surface area (Å²) in [4.78, 5) is 5.36. The Morgan fingerprint density at radius 3 is 2.71 bits per heavy atom. The Morgan fingerprint density at radius 1 is 1.43 bits per heavy atom. The molecular weight excluding hydrogens is 386 g/mol. The molecule has 2 rings (SSSR count). The molecule has 1 N–H and O–H groups in total. The average Bonchev–Trinajstić information content (AvgIpc) is 2.68. The van der Waals surface area contributed by atoms with E-state index in [0.29, 0.717) is 21.7 Å². The number of alkyl halides is 2. The SMILES string of the molecule is Cc1nc(C)c(CNc2cc(Cl)cc(Br)c2OC(F)F)s1. The summed E-state index contributed by atoms with van der Waals surface area (Å²) >= 11 is 10.7. The number of aromatic nitrogens is 1. The number of ether oxygens (including phenoxy) is 1. The summed E-state index contributed by atoms with van der Waals surface area (Å²) in [6, 6.07) is 3.06. The highest BCUT2D eigenvalue weighted by Crippen LogP contribution is 2.38. The Labute approximate surface area is 138 Å². The minimum absolute atomic E-state index is 0.0355. The Balaban J connectivity index is 2.24. The van der Waals surface area contributed by atoms with E-state index < -0.39 is 6.61 Å². The van der Waals surface area contributed by atoms with Crippen LogP contribution in [0.1, 0.15) is 15.6 Å². The van der Waals surface area contributed by atoms with Gasteiger partial charge in [0, 0.05) is 9.90 Å². The third-order valence-electron chi connectivity index (χ3n) is 2.65. The van der Waals surface area contributed by atoms with Crippen molar-refractivity contribution in [2.75, 3.05) is 5.32 Å². The molecule has 0 saturated carbocycles. The highest BCUT2D eigenvalue weighted by atomic mass is 79.9. The number of rotatable bonds is 5. The van der Waals surface area contributed by atoms with Crippen molar-refractivity contribution in [2.45, 2.75) is 27.0 Å². The van der Waals surface area contributed by atoms with Crippen LogP contribution >= 0.6 is 38.9 Å². The van der Waals surface area contributed by atoms with Crippen LogP contribution in [-0.4, -0.2) is 11.6 Å². The van der Waals surface area contributed by atoms with Gasteiger partial charge in [0.1, 0.15) is 0 Å². The van der Waals surface area contributed by atoms with E-state index in [-0.39, 0.29) is 5.75 Å². The number of nitrogens with one attached hydrogen (secondary N) is 1. The molecule has 0 fully saturated rings. The molecule has 2 aromatic rings. The second-order valence-electron chi connectivity index (χ2n) is 4.24. The molecule has 1 aromatic carbocycles. The number of anilines is 1. The predicted octanol–water partition coefficient (Wildman–Crippen LogP) is 5.39. The van der Waals surface area contributed by atoms with Crippen LogP contribution in [0.2, 0.25) is 5.02 Å². The summed E-state index contributed by atoms with van der Waals surface area (Å²) in [5.74, 6) is 0.0355. The maximum atomic E-state index is 12.5. The molecular formula is C13H12BrClF2N2OS. The van der Waals surface area contributed by atoms with E-state index in [2.05, 4.69) is 31.0 Å². The van der Waals surface area contributed by atoms with Crippen molar-refractivity contribution in [1.29, 1.82) is 0 Å². The summed E-state index contributed by atoms with van der Waals surface area (Å²) in [6.45, 7) is 1.38. The van der Waals surface area contributed by atoms with Gasteiger partial charge in [-0.25, -0.2) is 4.98 Å². The molecule has 21 heavy (non-hydrogen) atoms. The van der Waals surface area contributed by atoms with Crippen LogP contribution in [0.25, 0.3) is 0 Å². The van der Waals surface area contributed by atoms with Crippen molar-refractivity contribution in [3.8, 4) is 5.75 Å². The topological polar surface area (TPSA) is 34.2 Å². The minimum atomic E-state index is -2.91. The van der Waals surface area contributed by atoms with Gasteiger partial charge >= 0.3 is 6.61 Å². The highest BCUT2D eigenvalue weighted by Gasteiger charge is 2.15. The summed E-state index contributed by atoms with van der Waals surface area (Å²) < 4.78 is 29.9. The first-order chi connectivity index (χ1) is 9.86. The normalized spacial score (nSPS) is 11.0. The van der Waals surface area contributed by atoms with Crippen molar-refractivity contribution < 1.29 is 13.5 Å². The van der Waals surface area contributed by atoms with E-state index in [9.17, 15) is 8.78 Å². The lowest BCUT2D eigenvalue weighted by Crippen LogP contribution is -2.07. The van der Waals surface area contributed by atoms with Crippen LogP contribution in [0.4, 0.5) is 14.5 Å². The second kappa shape index (κ2) is 6.89. The van der Waals surface area contributed by atoms with Crippen LogP contribution in [0.3, 0.4) is 0 Å². The Kier molecular flexibility index (Phi) is 5.40. The summed E-state index contributed by atoms with van der Waals surface area (Å²) in [5, 5.41) is 4.45. The molecule has 114 valence electrons. The van der Waals surface area contributed by atoms with E-state index in [4.69, 9.17) is 11.6 Å². The number of hydrogen-bond acceptors (Lipinski definition) is 4. The first kappa shape index (κ1) is 16.5. The van der Waals surface area contributed by atoms with Crippen molar-refractivity contribution in [3.05, 3.63) is 37.2 Å². The number of nitrogens with zero attached hydrogens (tertiary/aromatic N) is 1. The van der Waals surface area contributed by atoms with E-state index in [1.165, 1.54) is 6.07 Å². The monoisotopic (exact) mass is 396 g/mol. The highest BCUT2D eigenvalue weighted by molar-refractivity contribution is 9.10. The van der Waals surface area contributed by atoms with Crippen LogP contribution < -0.4 is 10.1 Å². The minimum Gasteiger partial charge on any atom is -0.431 e. The molecule has 0 spiro atoms. The molecule has 0 unspecified atom stereocenters. The van der Waals surface area contributed by atoms with Gasteiger partial charge in [0.2, 0.25) is 0 Å². The number of hydrogen-bond donors (Lipinski definition) is 1. The van der Waals surface area contributed by atoms with Crippen LogP contribution in [0.15, 0.2) is 16.6 Å². The lowest BCUT2D eigenvalue weighted by molar-refractivity contribution is -0.0498. The molecule has 0 atom stereocenters. The van der Waals surface area contributed by atoms with Gasteiger partial charge in [0.05, 0.1) is 27.4 Å². The van der Waals surface area contributed by atoms with Gasteiger partial charge in [0.25, 0.3) is 0 Å². The predicted molar refractivity (Wildman–Crippen MR) is 84.7 cm³/mol. The van der Waals surface area contributed by atoms with Crippen LogP contribution in [0.5, 0.6) is 5.75 Å². The third-order valence-corrected chi connectivity index (χ3v) is 4.53. The van der Waals surface area contributed by atoms with Gasteiger partial charge in [-0.05, 0) is 41.9 Å². The van der Waals surface area contributed by atoms with Gasteiger partial charge in [0.15, 0.2) is 5.75 Å². The smallest absolute Gasteiger partial charge is 0.387 e. The molecule has 0 aliphatic rings. The molecule has 0 aliphatic heterocycles. The summed E-state index contributed by atoms with van der Waals surface area (Å²) in [7, 11) is 0. The number of halogens is 4. The Hall–Kier alpha value is -0.920. The van der Waals surface area contributed by atoms with Crippen LogP contribution in [0, 0.1) is 13.8 Å². The Bertz CT molecular complexity index is 651. The summed E-state index contributed by atoms with van der Waals surface area (Å²) in [6.07, 6.45) is 0. The molecule has 8 heteroatoms. The van der Waals surface area contributed by atoms with Crippen molar-refractivity contribution in [1.82, 2.24) is 4.98 Å². The molecule has 3 nitrogen and oxygen atoms in total. The number of aryl methyl sites for hydroxylation is 2. The molecule has 0 aliphatic carbocycles. The second-order valence-corrected chi connectivity index (χ2v) is 6.82. The quantitative estimate of drug-likeness (QED) is 0.734. The zero-order valence-corrected chi connectivity index (χ0v) is 14.4. The number of thiazole rings is 1. The molecule has 1 aromatic heterocycles. The maximum Gasteiger partial charge on any atom is 0.387 e. The van der Waals surface area contributed by atoms with Gasteiger partial charge in [-0.15, -0.1) is 11.3 Å². The molecule has 0 saturated heterocycles. The molecule has 0 radical (unpaired) electrons. The molecule has 1 heterocycles. The number of benzene rings is 1. The lowest BCUT2D eigenvalue weighted by Gasteiger charge is -2.14. The van der Waals surface area contributed by atoms with Gasteiger partial charge in [-0.1, -0.05) is 11.6 Å². The van der Waals surface area contributed by atoms with Gasteiger partial charge in [-0.2, -0.15) is 8.78 Å². The standard InChI is InChI=1S/C13H12BrClF2N2OS/c1-6-11(21-7(2)19-6)5-18-10-4-8(15)3-9(14)12(10)20-13(16)17/h3-4,13,18H,5H2,1-2H3. The maximum absolute atomic E-state index is 12.5. The third kappa shape index (κ3) is 4.28. The van der Waals surface area contributed by atoms with Crippen LogP contribution in [-0.2, 0) is 6.54 Å².